The van der Waals surface area contributed by atoms with Crippen molar-refractivity contribution in [3.05, 3.63) is 59.3 Å². The van der Waals surface area contributed by atoms with Crippen LogP contribution in [-0.4, -0.2) is 12.5 Å². The van der Waals surface area contributed by atoms with Crippen molar-refractivity contribution in [3.8, 4) is 0 Å². The third kappa shape index (κ3) is 5.04. The van der Waals surface area contributed by atoms with Crippen LogP contribution in [0.15, 0.2) is 52.9 Å². The molecule has 2 aromatic carbocycles. The van der Waals surface area contributed by atoms with Crippen molar-refractivity contribution in [1.82, 2.24) is 0 Å². The van der Waals surface area contributed by atoms with E-state index in [2.05, 4.69) is 17.6 Å². The van der Waals surface area contributed by atoms with Gasteiger partial charge in [-0.25, -0.2) is 0 Å². The number of nitrogens with one attached hydrogen (secondary N) is 2. The van der Waals surface area contributed by atoms with Crippen LogP contribution >= 0.6 is 11.6 Å². The normalized spacial score (nSPS) is 10.9. The summed E-state index contributed by atoms with van der Waals surface area (Å²) >= 11 is 6.00. The van der Waals surface area contributed by atoms with Gasteiger partial charge >= 0.3 is 0 Å². The number of halogens is 1. The molecule has 0 unspecified atom stereocenters. The number of benzene rings is 2. The van der Waals surface area contributed by atoms with Crippen LogP contribution in [0.1, 0.15) is 49.6 Å². The number of carbonyl (C=O) groups is 1. The molecule has 1 amide bonds. The highest BCUT2D eigenvalue weighted by Gasteiger charge is 2.20. The molecule has 1 heterocycles. The van der Waals surface area contributed by atoms with E-state index in [9.17, 15) is 4.79 Å². The maximum absolute atomic E-state index is 12.8. The van der Waals surface area contributed by atoms with E-state index in [0.29, 0.717) is 22.1 Å². The molecule has 3 aromatic rings. The number of carbonyl (C=O) groups excluding carboxylic acids is 1. The number of fused-ring (bicyclic) bond motifs is 1. The molecule has 2 N–H and O–H groups in total. The highest BCUT2D eigenvalue weighted by atomic mass is 35.5. The molecule has 4 nitrogen and oxygen atoms in total. The number of anilines is 2. The largest absolute Gasteiger partial charge is 0.449 e. The van der Waals surface area contributed by atoms with Crippen LogP contribution in [0, 0.1) is 0 Å². The number of para-hydroxylation sites is 1. The zero-order chi connectivity index (χ0) is 19.1. The van der Waals surface area contributed by atoms with Crippen molar-refractivity contribution >= 4 is 39.9 Å². The van der Waals surface area contributed by atoms with Crippen LogP contribution < -0.4 is 10.6 Å². The van der Waals surface area contributed by atoms with E-state index in [-0.39, 0.29) is 5.91 Å². The monoisotopic (exact) mass is 384 g/mol. The number of rotatable bonds is 9. The van der Waals surface area contributed by atoms with E-state index in [1.807, 2.05) is 24.3 Å². The predicted octanol–water partition coefficient (Wildman–Crippen LogP) is 6.72. The minimum atomic E-state index is -0.290. The standard InChI is InChI=1S/C22H25ClN2O2/c1-2-3-4-5-8-14-24-20-18-12-6-7-13-19(18)27-21(20)22(26)25-17-11-9-10-16(23)15-17/h6-7,9-13,15,24H,2-5,8,14H2,1H3,(H,25,26). The zero-order valence-electron chi connectivity index (χ0n) is 15.6. The van der Waals surface area contributed by atoms with Gasteiger partial charge in [-0.15, -0.1) is 0 Å². The van der Waals surface area contributed by atoms with Crippen molar-refractivity contribution in [2.45, 2.75) is 39.0 Å². The van der Waals surface area contributed by atoms with Crippen LogP contribution in [0.2, 0.25) is 5.02 Å². The summed E-state index contributed by atoms with van der Waals surface area (Å²) in [5, 5.41) is 7.76. The highest BCUT2D eigenvalue weighted by molar-refractivity contribution is 6.31. The average Bonchev–Trinajstić information content (AvgIpc) is 3.03. The van der Waals surface area contributed by atoms with Crippen LogP contribution in [0.5, 0.6) is 0 Å². The van der Waals surface area contributed by atoms with Crippen molar-refractivity contribution in [2.75, 3.05) is 17.2 Å². The topological polar surface area (TPSA) is 54.3 Å². The van der Waals surface area contributed by atoms with Crippen molar-refractivity contribution in [2.24, 2.45) is 0 Å². The molecule has 0 fully saturated rings. The minimum Gasteiger partial charge on any atom is -0.449 e. The first kappa shape index (κ1) is 19.3. The van der Waals surface area contributed by atoms with Crippen LogP contribution in [0.4, 0.5) is 11.4 Å². The Kier molecular flexibility index (Phi) is 6.77. The fourth-order valence-electron chi connectivity index (χ4n) is 3.08. The molecule has 1 aromatic heterocycles. The van der Waals surface area contributed by atoms with Gasteiger partial charge in [-0.1, -0.05) is 62.4 Å². The molecule has 0 saturated heterocycles. The summed E-state index contributed by atoms with van der Waals surface area (Å²) in [4.78, 5) is 12.8. The fourth-order valence-corrected chi connectivity index (χ4v) is 3.27. The van der Waals surface area contributed by atoms with E-state index in [1.165, 1.54) is 25.7 Å². The molecule has 0 spiro atoms. The Morgan fingerprint density at radius 3 is 2.67 bits per heavy atom. The molecule has 0 radical (unpaired) electrons. The Hall–Kier alpha value is -2.46. The molecule has 0 aliphatic heterocycles. The van der Waals surface area contributed by atoms with Gasteiger partial charge in [0.15, 0.2) is 0 Å². The summed E-state index contributed by atoms with van der Waals surface area (Å²) < 4.78 is 5.85. The molecule has 3 rings (SSSR count). The second-order valence-electron chi connectivity index (χ2n) is 6.61. The Bertz CT molecular complexity index is 904. The number of furan rings is 1. The molecule has 0 aliphatic carbocycles. The lowest BCUT2D eigenvalue weighted by atomic mass is 10.1. The molecule has 0 atom stereocenters. The lowest BCUT2D eigenvalue weighted by Gasteiger charge is -2.08. The van der Waals surface area contributed by atoms with E-state index in [0.717, 1.165) is 24.0 Å². The van der Waals surface area contributed by atoms with Gasteiger partial charge in [-0.05, 0) is 36.8 Å². The van der Waals surface area contributed by atoms with Gasteiger partial charge in [-0.3, -0.25) is 4.79 Å². The molecule has 5 heteroatoms. The summed E-state index contributed by atoms with van der Waals surface area (Å²) in [7, 11) is 0. The zero-order valence-corrected chi connectivity index (χ0v) is 16.3. The van der Waals surface area contributed by atoms with Crippen LogP contribution in [0.3, 0.4) is 0 Å². The van der Waals surface area contributed by atoms with E-state index < -0.39 is 0 Å². The molecule has 0 saturated carbocycles. The lowest BCUT2D eigenvalue weighted by Crippen LogP contribution is -2.14. The van der Waals surface area contributed by atoms with Gasteiger partial charge in [0.05, 0.1) is 5.69 Å². The predicted molar refractivity (Wildman–Crippen MR) is 113 cm³/mol. The highest BCUT2D eigenvalue weighted by Crippen LogP contribution is 2.31. The molecular formula is C22H25ClN2O2. The summed E-state index contributed by atoms with van der Waals surface area (Å²) in [6.07, 6.45) is 5.98. The minimum absolute atomic E-state index is 0.290. The molecular weight excluding hydrogens is 360 g/mol. The van der Waals surface area contributed by atoms with Gasteiger partial charge in [0.1, 0.15) is 5.58 Å². The molecule has 27 heavy (non-hydrogen) atoms. The first-order chi connectivity index (χ1) is 13.2. The summed E-state index contributed by atoms with van der Waals surface area (Å²) in [5.41, 5.74) is 2.08. The third-order valence-electron chi connectivity index (χ3n) is 4.47. The number of amides is 1. The Morgan fingerprint density at radius 1 is 1.04 bits per heavy atom. The Morgan fingerprint density at radius 2 is 1.85 bits per heavy atom. The smallest absolute Gasteiger partial charge is 0.293 e. The quantitative estimate of drug-likeness (QED) is 0.402. The summed E-state index contributed by atoms with van der Waals surface area (Å²) in [6.45, 7) is 3.02. The molecule has 142 valence electrons. The maximum Gasteiger partial charge on any atom is 0.293 e. The van der Waals surface area contributed by atoms with Gasteiger partial charge in [0.25, 0.3) is 5.91 Å². The first-order valence-electron chi connectivity index (χ1n) is 9.51. The molecule has 0 bridgehead atoms. The van der Waals surface area contributed by atoms with Crippen LogP contribution in [0.25, 0.3) is 11.0 Å². The SMILES string of the molecule is CCCCCCCNc1c(C(=O)Nc2cccc(Cl)c2)oc2ccccc12. The van der Waals surface area contributed by atoms with Gasteiger partial charge < -0.3 is 15.1 Å². The van der Waals surface area contributed by atoms with Crippen molar-refractivity contribution in [3.63, 3.8) is 0 Å². The second kappa shape index (κ2) is 9.47. The van der Waals surface area contributed by atoms with Crippen LogP contribution in [-0.2, 0) is 0 Å². The van der Waals surface area contributed by atoms with Gasteiger partial charge in [-0.2, -0.15) is 0 Å². The summed E-state index contributed by atoms with van der Waals surface area (Å²) in [6, 6.07) is 14.8. The number of hydrogen-bond acceptors (Lipinski definition) is 3. The fraction of sp³-hybridized carbons (Fsp3) is 0.318. The third-order valence-corrected chi connectivity index (χ3v) is 4.70. The lowest BCUT2D eigenvalue weighted by molar-refractivity contribution is 0.0999. The van der Waals surface area contributed by atoms with Crippen molar-refractivity contribution in [1.29, 1.82) is 0 Å². The maximum atomic E-state index is 12.8. The molecule has 0 aliphatic rings. The average molecular weight is 385 g/mol. The number of hydrogen-bond donors (Lipinski definition) is 2. The Labute approximate surface area is 164 Å². The number of unbranched alkanes of at least 4 members (excludes halogenated alkanes) is 4. The Balaban J connectivity index is 1.76. The van der Waals surface area contributed by atoms with E-state index in [4.69, 9.17) is 16.0 Å². The van der Waals surface area contributed by atoms with Gasteiger partial charge in [0.2, 0.25) is 5.76 Å². The van der Waals surface area contributed by atoms with Gasteiger partial charge in [0, 0.05) is 22.6 Å². The first-order valence-corrected chi connectivity index (χ1v) is 9.89. The van der Waals surface area contributed by atoms with E-state index in [1.54, 1.807) is 24.3 Å². The summed E-state index contributed by atoms with van der Waals surface area (Å²) in [5.74, 6) is 0.00619. The second-order valence-corrected chi connectivity index (χ2v) is 7.04. The van der Waals surface area contributed by atoms with E-state index >= 15 is 0 Å². The van der Waals surface area contributed by atoms with Crippen molar-refractivity contribution < 1.29 is 9.21 Å².